The van der Waals surface area contributed by atoms with Crippen LogP contribution in [0.3, 0.4) is 0 Å². The third-order valence-electron chi connectivity index (χ3n) is 2.60. The minimum Gasteiger partial charge on any atom is -0.286 e. The molecule has 2 rings (SSSR count). The van der Waals surface area contributed by atoms with Crippen LogP contribution in [0.15, 0.2) is 24.5 Å². The number of hydrogen-bond donors (Lipinski definition) is 0. The van der Waals surface area contributed by atoms with Crippen molar-refractivity contribution in [2.45, 2.75) is 11.8 Å². The van der Waals surface area contributed by atoms with Crippen molar-refractivity contribution in [3.8, 4) is 0 Å². The number of rotatable bonds is 1. The fourth-order valence-corrected chi connectivity index (χ4v) is 2.75. The highest BCUT2D eigenvalue weighted by Crippen LogP contribution is 2.43. The van der Waals surface area contributed by atoms with Crippen molar-refractivity contribution in [1.82, 2.24) is 9.88 Å². The molecule has 1 fully saturated rings. The maximum atomic E-state index is 11.3. The second kappa shape index (κ2) is 3.37. The maximum Gasteiger partial charge on any atom is 0.205 e. The van der Waals surface area contributed by atoms with Gasteiger partial charge in [-0.25, -0.2) is 0 Å². The van der Waals surface area contributed by atoms with Crippen LogP contribution in [0.4, 0.5) is 0 Å². The summed E-state index contributed by atoms with van der Waals surface area (Å²) in [5, 5.41) is 0.221. The van der Waals surface area contributed by atoms with Gasteiger partial charge < -0.3 is 0 Å². The minimum atomic E-state index is -0.245. The summed E-state index contributed by atoms with van der Waals surface area (Å²) in [6, 6.07) is 3.91. The van der Waals surface area contributed by atoms with E-state index in [1.54, 1.807) is 6.20 Å². The Kier molecular flexibility index (Phi) is 2.33. The summed E-state index contributed by atoms with van der Waals surface area (Å²) in [4.78, 5) is 17.2. The Labute approximate surface area is 87.5 Å². The minimum absolute atomic E-state index is 0.221. The molecule has 0 amide bonds. The Balaban J connectivity index is 2.38. The summed E-state index contributed by atoms with van der Waals surface area (Å²) in [5.41, 5.74) is 1.08. The van der Waals surface area contributed by atoms with Crippen LogP contribution in [-0.2, 0) is 9.67 Å². The molecule has 0 bridgehead atoms. The van der Waals surface area contributed by atoms with Crippen molar-refractivity contribution < 1.29 is 4.79 Å². The number of pyridine rings is 1. The Morgan fingerprint density at radius 2 is 2.43 bits per heavy atom. The van der Waals surface area contributed by atoms with Gasteiger partial charge in [0, 0.05) is 18.0 Å². The van der Waals surface area contributed by atoms with Gasteiger partial charge in [-0.3, -0.25) is 14.7 Å². The molecule has 0 saturated carbocycles. The van der Waals surface area contributed by atoms with Gasteiger partial charge in [0.1, 0.15) is 0 Å². The van der Waals surface area contributed by atoms with Crippen molar-refractivity contribution >= 4 is 16.9 Å². The molecule has 0 radical (unpaired) electrons. The van der Waals surface area contributed by atoms with E-state index in [1.165, 1.54) is 11.8 Å². The fraction of sp³-hybridized carbons (Fsp3) is 0.400. The molecule has 0 aromatic carbocycles. The second-order valence-corrected chi connectivity index (χ2v) is 5.01. The van der Waals surface area contributed by atoms with Crippen molar-refractivity contribution in [2.75, 3.05) is 13.6 Å². The Hall–Kier alpha value is -0.870. The first-order valence-electron chi connectivity index (χ1n) is 4.46. The van der Waals surface area contributed by atoms with Crippen molar-refractivity contribution in [3.63, 3.8) is 0 Å². The molecule has 74 valence electrons. The highest BCUT2D eigenvalue weighted by Gasteiger charge is 2.41. The summed E-state index contributed by atoms with van der Waals surface area (Å²) in [7, 11) is 1.96. The lowest BCUT2D eigenvalue weighted by molar-refractivity contribution is -0.110. The van der Waals surface area contributed by atoms with Gasteiger partial charge in [0.15, 0.2) is 0 Å². The average molecular weight is 208 g/mol. The number of likely N-dealkylation sites (N-methyl/N-ethyl adjacent to an activating group) is 1. The Bertz CT molecular complexity index is 354. The van der Waals surface area contributed by atoms with E-state index in [0.29, 0.717) is 6.54 Å². The lowest BCUT2D eigenvalue weighted by Gasteiger charge is -2.29. The summed E-state index contributed by atoms with van der Waals surface area (Å²) in [6.45, 7) is 2.57. The smallest absolute Gasteiger partial charge is 0.205 e. The monoisotopic (exact) mass is 208 g/mol. The van der Waals surface area contributed by atoms with E-state index in [1.807, 2.05) is 25.4 Å². The molecule has 1 aliphatic heterocycles. The van der Waals surface area contributed by atoms with E-state index in [0.717, 1.165) is 5.56 Å². The zero-order chi connectivity index (χ0) is 10.2. The van der Waals surface area contributed by atoms with E-state index in [4.69, 9.17) is 0 Å². The molecular formula is C10H12N2OS. The summed E-state index contributed by atoms with van der Waals surface area (Å²) < 4.78 is 0. The number of carbonyl (C=O) groups excluding carboxylic acids is 1. The number of aromatic nitrogens is 1. The van der Waals surface area contributed by atoms with Gasteiger partial charge in [0.2, 0.25) is 5.12 Å². The van der Waals surface area contributed by atoms with Gasteiger partial charge in [-0.2, -0.15) is 0 Å². The van der Waals surface area contributed by atoms with Gasteiger partial charge in [-0.1, -0.05) is 17.8 Å². The first-order valence-corrected chi connectivity index (χ1v) is 5.28. The second-order valence-electron chi connectivity index (χ2n) is 3.55. The van der Waals surface area contributed by atoms with E-state index < -0.39 is 0 Å². The van der Waals surface area contributed by atoms with Gasteiger partial charge >= 0.3 is 0 Å². The summed E-state index contributed by atoms with van der Waals surface area (Å²) >= 11 is 1.38. The number of carbonyl (C=O) groups is 1. The largest absolute Gasteiger partial charge is 0.286 e. The van der Waals surface area contributed by atoms with Crippen LogP contribution >= 0.6 is 11.8 Å². The zero-order valence-corrected chi connectivity index (χ0v) is 9.04. The molecule has 1 aliphatic rings. The first-order chi connectivity index (χ1) is 6.63. The SMILES string of the molecule is CN1CC(=O)SC1(C)c1cccnc1. The molecule has 1 unspecified atom stereocenters. The molecule has 1 aromatic heterocycles. The van der Waals surface area contributed by atoms with E-state index in [-0.39, 0.29) is 9.99 Å². The summed E-state index contributed by atoms with van der Waals surface area (Å²) in [5.74, 6) is 0. The van der Waals surface area contributed by atoms with Crippen molar-refractivity contribution in [3.05, 3.63) is 30.1 Å². The molecule has 3 nitrogen and oxygen atoms in total. The predicted molar refractivity (Wildman–Crippen MR) is 56.8 cm³/mol. The lowest BCUT2D eigenvalue weighted by Crippen LogP contribution is -2.33. The molecule has 1 aromatic rings. The van der Waals surface area contributed by atoms with E-state index >= 15 is 0 Å². The van der Waals surface area contributed by atoms with Gasteiger partial charge in [0.25, 0.3) is 0 Å². The fourth-order valence-electron chi connectivity index (χ4n) is 1.59. The molecule has 14 heavy (non-hydrogen) atoms. The van der Waals surface area contributed by atoms with Crippen LogP contribution in [0.25, 0.3) is 0 Å². The van der Waals surface area contributed by atoms with E-state index in [2.05, 4.69) is 16.8 Å². The van der Waals surface area contributed by atoms with Crippen molar-refractivity contribution in [1.29, 1.82) is 0 Å². The first kappa shape index (κ1) is 9.68. The molecule has 1 saturated heterocycles. The highest BCUT2D eigenvalue weighted by atomic mass is 32.2. The molecule has 2 heterocycles. The number of nitrogens with zero attached hydrogens (tertiary/aromatic N) is 2. The Morgan fingerprint density at radius 3 is 2.93 bits per heavy atom. The van der Waals surface area contributed by atoms with Crippen LogP contribution in [-0.4, -0.2) is 28.6 Å². The van der Waals surface area contributed by atoms with Crippen LogP contribution in [0.5, 0.6) is 0 Å². The maximum absolute atomic E-state index is 11.3. The van der Waals surface area contributed by atoms with Crippen LogP contribution in [0.2, 0.25) is 0 Å². The number of hydrogen-bond acceptors (Lipinski definition) is 4. The van der Waals surface area contributed by atoms with Crippen LogP contribution in [0.1, 0.15) is 12.5 Å². The zero-order valence-electron chi connectivity index (χ0n) is 8.23. The molecule has 1 atom stereocenters. The Morgan fingerprint density at radius 1 is 1.64 bits per heavy atom. The van der Waals surface area contributed by atoms with Gasteiger partial charge in [0.05, 0.1) is 11.4 Å². The molecule has 0 N–H and O–H groups in total. The average Bonchev–Trinajstić information content (AvgIpc) is 2.43. The third-order valence-corrected chi connectivity index (χ3v) is 3.91. The van der Waals surface area contributed by atoms with Crippen molar-refractivity contribution in [2.24, 2.45) is 0 Å². The molecular weight excluding hydrogens is 196 g/mol. The molecule has 0 aliphatic carbocycles. The van der Waals surface area contributed by atoms with E-state index in [9.17, 15) is 4.79 Å². The van der Waals surface area contributed by atoms with Crippen LogP contribution in [0, 0.1) is 0 Å². The molecule has 0 spiro atoms. The normalized spacial score (nSPS) is 28.3. The predicted octanol–water partition coefficient (Wildman–Crippen LogP) is 1.46. The highest BCUT2D eigenvalue weighted by molar-refractivity contribution is 8.14. The van der Waals surface area contributed by atoms with Gasteiger partial charge in [-0.15, -0.1) is 0 Å². The topological polar surface area (TPSA) is 33.2 Å². The van der Waals surface area contributed by atoms with Crippen LogP contribution < -0.4 is 0 Å². The summed E-state index contributed by atoms with van der Waals surface area (Å²) in [6.07, 6.45) is 3.57. The third kappa shape index (κ3) is 1.44. The quantitative estimate of drug-likeness (QED) is 0.699. The lowest BCUT2D eigenvalue weighted by atomic mass is 10.1. The van der Waals surface area contributed by atoms with Gasteiger partial charge in [-0.05, 0) is 20.0 Å². The molecule has 4 heteroatoms. The standard InChI is InChI=1S/C10H12N2OS/c1-10(8-4-3-5-11-6-8)12(2)7-9(13)14-10/h3-6H,7H2,1-2H3. The number of thioether (sulfide) groups is 1.